The Morgan fingerprint density at radius 3 is 2.79 bits per heavy atom. The second kappa shape index (κ2) is 12.0. The first kappa shape index (κ1) is 27.4. The first-order valence-corrected chi connectivity index (χ1v) is 14.7. The van der Waals surface area contributed by atoms with Gasteiger partial charge >= 0.3 is 225 Å². The number of nitrogens with two attached hydrogens (primary N) is 1. The molecule has 3 aromatic rings. The number of anilines is 1. The van der Waals surface area contributed by atoms with Crippen molar-refractivity contribution in [1.82, 2.24) is 14.6 Å². The predicted molar refractivity (Wildman–Crippen MR) is 145 cm³/mol. The number of hydrogen-bond donors (Lipinski definition) is 3. The Kier molecular flexibility index (Phi) is 8.41. The van der Waals surface area contributed by atoms with E-state index in [0.717, 1.165) is 36.5 Å². The molecule has 2 fully saturated rings. The number of fused-ring (bicyclic) bond motifs is 1. The Balaban J connectivity index is 1.30. The molecule has 0 amide bonds. The molecule has 4 N–H and O–H groups in total. The number of rotatable bonds is 10. The molecule has 0 spiro atoms. The summed E-state index contributed by atoms with van der Waals surface area (Å²) in [6.07, 6.45) is 3.37. The molecule has 0 radical (unpaired) electrons. The number of ether oxygens (including phenoxy) is 3. The van der Waals surface area contributed by atoms with Crippen LogP contribution in [0.5, 0.6) is 5.75 Å². The zero-order valence-electron chi connectivity index (χ0n) is 21.5. The fourth-order valence-electron chi connectivity index (χ4n) is 4.64. The molecule has 12 nitrogen and oxygen atoms in total. The van der Waals surface area contributed by atoms with Crippen LogP contribution in [0.4, 0.5) is 5.82 Å². The minimum atomic E-state index is -4.28. The standard InChI is InChI=1S/C26H33N4O8P/c1-17(25(31)36-19-9-3-4-10-19)29-39(33,38-21-12-6-8-18-7-2-5-11-20(18)21)35-16-24-34-15-23(37-24)30-14-13-22(27)28-26(30)32/h2,5-8,11-14,17,19,23-24,29,33,39H,3-4,9-10,15-16H2,1H3,(H2,27,28,32)/t17-,23?,24?/m0/s1. The molecule has 1 aliphatic heterocycles. The average Bonchev–Trinajstić information content (AvgIpc) is 3.60. The van der Waals surface area contributed by atoms with Crippen molar-refractivity contribution < 1.29 is 32.9 Å². The number of carbonyl (C=O) groups excluding carboxylic acids is 1. The van der Waals surface area contributed by atoms with E-state index >= 15 is 0 Å². The molecule has 1 aliphatic carbocycles. The molecule has 13 heteroatoms. The second-order valence-electron chi connectivity index (χ2n) is 9.58. The molecular weight excluding hydrogens is 527 g/mol. The van der Waals surface area contributed by atoms with Crippen molar-refractivity contribution in [3.8, 4) is 5.75 Å². The molecule has 2 aliphatic rings. The molecule has 1 saturated heterocycles. The summed E-state index contributed by atoms with van der Waals surface area (Å²) in [5, 5.41) is 4.52. The Bertz CT molecular complexity index is 1360. The molecule has 2 heterocycles. The summed E-state index contributed by atoms with van der Waals surface area (Å²) >= 11 is 0. The Labute approximate surface area is 225 Å². The van der Waals surface area contributed by atoms with Crippen LogP contribution in [-0.2, 0) is 23.5 Å². The molecule has 5 rings (SSSR count). The average molecular weight is 561 g/mol. The van der Waals surface area contributed by atoms with Crippen LogP contribution in [0.25, 0.3) is 10.8 Å². The maximum atomic E-state index is 12.8. The van der Waals surface area contributed by atoms with Gasteiger partial charge in [-0.1, -0.05) is 0 Å². The van der Waals surface area contributed by atoms with E-state index in [2.05, 4.69) is 10.1 Å². The SMILES string of the molecule is C[C@H](N[PH](O)(OCC1OCC(n2ccc(N)nc2=O)O1)Oc1cccc2ccccc12)C(=O)OC1CCCC1. The molecule has 210 valence electrons. The van der Waals surface area contributed by atoms with E-state index in [1.807, 2.05) is 30.3 Å². The predicted octanol–water partition coefficient (Wildman–Crippen LogP) is 2.81. The van der Waals surface area contributed by atoms with Gasteiger partial charge in [-0.15, -0.1) is 0 Å². The molecule has 3 atom stereocenters. The number of esters is 1. The first-order valence-electron chi connectivity index (χ1n) is 12.9. The van der Waals surface area contributed by atoms with E-state index in [9.17, 15) is 14.5 Å². The van der Waals surface area contributed by atoms with E-state index in [1.165, 1.54) is 16.8 Å². The molecule has 1 aromatic heterocycles. The summed E-state index contributed by atoms with van der Waals surface area (Å²) in [6, 6.07) is 13.6. The molecule has 2 unspecified atom stereocenters. The van der Waals surface area contributed by atoms with Crippen LogP contribution >= 0.6 is 8.09 Å². The van der Waals surface area contributed by atoms with Gasteiger partial charge in [0.15, 0.2) is 0 Å². The molecular formula is C26H33N4O8P. The van der Waals surface area contributed by atoms with Crippen molar-refractivity contribution in [2.24, 2.45) is 0 Å². The van der Waals surface area contributed by atoms with Crippen molar-refractivity contribution in [2.75, 3.05) is 18.9 Å². The van der Waals surface area contributed by atoms with Gasteiger partial charge in [0.25, 0.3) is 0 Å². The summed E-state index contributed by atoms with van der Waals surface area (Å²) in [4.78, 5) is 40.2. The number of nitrogens with one attached hydrogen (secondary N) is 1. The zero-order valence-corrected chi connectivity index (χ0v) is 22.5. The van der Waals surface area contributed by atoms with Crippen LogP contribution < -0.4 is 21.0 Å². The van der Waals surface area contributed by atoms with Gasteiger partial charge in [-0.25, -0.2) is 0 Å². The van der Waals surface area contributed by atoms with Gasteiger partial charge in [0.2, 0.25) is 0 Å². The molecule has 0 bridgehead atoms. The van der Waals surface area contributed by atoms with Crippen LogP contribution in [0, 0.1) is 0 Å². The summed E-state index contributed by atoms with van der Waals surface area (Å²) in [6.45, 7) is 1.41. The summed E-state index contributed by atoms with van der Waals surface area (Å²) in [7, 11) is -4.28. The normalized spacial score (nSPS) is 21.2. The first-order chi connectivity index (χ1) is 18.8. The van der Waals surface area contributed by atoms with Gasteiger partial charge in [-0.2, -0.15) is 0 Å². The van der Waals surface area contributed by atoms with Crippen LogP contribution in [-0.4, -0.2) is 52.1 Å². The zero-order chi connectivity index (χ0) is 27.4. The van der Waals surface area contributed by atoms with E-state index in [4.69, 9.17) is 29.0 Å². The summed E-state index contributed by atoms with van der Waals surface area (Å²) in [5.74, 6) is -0.0123. The second-order valence-corrected chi connectivity index (χ2v) is 11.5. The number of benzene rings is 2. The third-order valence-corrected chi connectivity index (χ3v) is 8.50. The maximum absolute atomic E-state index is 12.8. The van der Waals surface area contributed by atoms with E-state index < -0.39 is 38.3 Å². The number of carbonyl (C=O) groups is 1. The molecule has 1 saturated carbocycles. The Hall–Kier alpha value is -3.12. The summed E-state index contributed by atoms with van der Waals surface area (Å²) in [5.41, 5.74) is 4.98. The fraction of sp³-hybridized carbons (Fsp3) is 0.423. The van der Waals surface area contributed by atoms with Gasteiger partial charge < -0.3 is 0 Å². The van der Waals surface area contributed by atoms with Crippen LogP contribution in [0.15, 0.2) is 59.5 Å². The van der Waals surface area contributed by atoms with Crippen molar-refractivity contribution in [1.29, 1.82) is 0 Å². The number of hydrogen-bond acceptors (Lipinski definition) is 11. The van der Waals surface area contributed by atoms with Crippen molar-refractivity contribution in [3.63, 3.8) is 0 Å². The summed E-state index contributed by atoms with van der Waals surface area (Å²) < 4.78 is 30.2. The van der Waals surface area contributed by atoms with Crippen LogP contribution in [0.3, 0.4) is 0 Å². The van der Waals surface area contributed by atoms with Gasteiger partial charge in [0.1, 0.15) is 0 Å². The van der Waals surface area contributed by atoms with Gasteiger partial charge in [-0.3, -0.25) is 0 Å². The number of aromatic nitrogens is 2. The van der Waals surface area contributed by atoms with Crippen molar-refractivity contribution in [2.45, 2.75) is 57.3 Å². The molecule has 2 aromatic carbocycles. The van der Waals surface area contributed by atoms with Crippen molar-refractivity contribution >= 4 is 30.7 Å². The minimum absolute atomic E-state index is 0.0568. The third kappa shape index (κ3) is 6.73. The fourth-order valence-corrected chi connectivity index (χ4v) is 6.35. The Morgan fingerprint density at radius 2 is 2.00 bits per heavy atom. The van der Waals surface area contributed by atoms with Crippen LogP contribution in [0.1, 0.15) is 38.8 Å². The van der Waals surface area contributed by atoms with Crippen LogP contribution in [0.2, 0.25) is 0 Å². The van der Waals surface area contributed by atoms with Gasteiger partial charge in [0, 0.05) is 0 Å². The van der Waals surface area contributed by atoms with E-state index in [0.29, 0.717) is 5.75 Å². The molecule has 39 heavy (non-hydrogen) atoms. The quantitative estimate of drug-likeness (QED) is 0.247. The van der Waals surface area contributed by atoms with Gasteiger partial charge in [-0.05, 0) is 0 Å². The third-order valence-electron chi connectivity index (χ3n) is 6.65. The number of nitrogens with zero attached hydrogens (tertiary/aromatic N) is 2. The van der Waals surface area contributed by atoms with E-state index in [-0.39, 0.29) is 25.1 Å². The van der Waals surface area contributed by atoms with Crippen molar-refractivity contribution in [3.05, 3.63) is 65.2 Å². The number of nitrogen functional groups attached to an aromatic ring is 1. The van der Waals surface area contributed by atoms with Gasteiger partial charge in [0.05, 0.1) is 0 Å². The topological polar surface area (TPSA) is 156 Å². The van der Waals surface area contributed by atoms with E-state index in [1.54, 1.807) is 19.1 Å². The Morgan fingerprint density at radius 1 is 1.23 bits per heavy atom. The monoisotopic (exact) mass is 560 g/mol.